The molecule has 0 aliphatic heterocycles. The molecule has 0 fully saturated rings. The number of aldehydes is 1. The van der Waals surface area contributed by atoms with E-state index in [-0.39, 0.29) is 0 Å². The van der Waals surface area contributed by atoms with Crippen molar-refractivity contribution in [2.24, 2.45) is 0 Å². The minimum atomic E-state index is -2.03. The zero-order valence-corrected chi connectivity index (χ0v) is 14.6. The van der Waals surface area contributed by atoms with E-state index in [0.29, 0.717) is 16.6 Å². The lowest BCUT2D eigenvalue weighted by Crippen LogP contribution is -2.48. The van der Waals surface area contributed by atoms with E-state index in [1.165, 1.54) is 0 Å². The number of hydrogen-bond acceptors (Lipinski definition) is 2. The lowest BCUT2D eigenvalue weighted by atomic mass is 10.1. The molecule has 0 aromatic heterocycles. The predicted molar refractivity (Wildman–Crippen MR) is 87.4 cm³/mol. The second-order valence-corrected chi connectivity index (χ2v) is 11.8. The molecule has 0 saturated carbocycles. The van der Waals surface area contributed by atoms with Gasteiger partial charge in [-0.15, -0.1) is 0 Å². The van der Waals surface area contributed by atoms with E-state index in [1.807, 2.05) is 30.3 Å². The standard InChI is InChI=1S/C17H28O2Si/c1-13(2)20(14(3)4,15(5)6)19-17(12-18)16-10-8-7-9-11-16/h7-15,17H,1-6H3/t17-/m1/s1. The van der Waals surface area contributed by atoms with E-state index in [4.69, 9.17) is 4.43 Å². The van der Waals surface area contributed by atoms with E-state index < -0.39 is 14.4 Å². The third-order valence-electron chi connectivity index (χ3n) is 4.29. The normalized spacial score (nSPS) is 14.1. The number of benzene rings is 1. The Labute approximate surface area is 124 Å². The Bertz CT molecular complexity index is 390. The van der Waals surface area contributed by atoms with Crippen LogP contribution in [0.1, 0.15) is 53.2 Å². The molecule has 2 nitrogen and oxygen atoms in total. The molecule has 0 bridgehead atoms. The molecule has 0 radical (unpaired) electrons. The van der Waals surface area contributed by atoms with Gasteiger partial charge in [-0.05, 0) is 22.2 Å². The molecule has 112 valence electrons. The summed E-state index contributed by atoms with van der Waals surface area (Å²) < 4.78 is 6.53. The van der Waals surface area contributed by atoms with Crippen LogP contribution < -0.4 is 0 Å². The highest BCUT2D eigenvalue weighted by atomic mass is 28.4. The summed E-state index contributed by atoms with van der Waals surface area (Å²) in [5, 5.41) is 0. The van der Waals surface area contributed by atoms with Gasteiger partial charge >= 0.3 is 0 Å². The quantitative estimate of drug-likeness (QED) is 0.515. The molecule has 1 rings (SSSR count). The Hall–Kier alpha value is -0.933. The van der Waals surface area contributed by atoms with Crippen molar-refractivity contribution >= 4 is 14.6 Å². The molecule has 0 amide bonds. The summed E-state index contributed by atoms with van der Waals surface area (Å²) in [6.07, 6.45) is 0.514. The summed E-state index contributed by atoms with van der Waals surface area (Å²) in [6, 6.07) is 9.82. The SMILES string of the molecule is CC(C)[Si](O[C@H](C=O)c1ccccc1)(C(C)C)C(C)C. The third kappa shape index (κ3) is 3.39. The summed E-state index contributed by atoms with van der Waals surface area (Å²) in [6.45, 7) is 13.4. The smallest absolute Gasteiger partial charge is 0.201 e. The van der Waals surface area contributed by atoms with Gasteiger partial charge in [-0.3, -0.25) is 0 Å². The highest BCUT2D eigenvalue weighted by Crippen LogP contribution is 2.44. The lowest BCUT2D eigenvalue weighted by Gasteiger charge is -2.43. The van der Waals surface area contributed by atoms with Gasteiger partial charge in [-0.25, -0.2) is 0 Å². The maximum absolute atomic E-state index is 11.5. The fraction of sp³-hybridized carbons (Fsp3) is 0.588. The topological polar surface area (TPSA) is 26.3 Å². The minimum Gasteiger partial charge on any atom is -0.402 e. The molecule has 0 spiro atoms. The summed E-state index contributed by atoms with van der Waals surface area (Å²) in [5.41, 5.74) is 2.40. The van der Waals surface area contributed by atoms with E-state index >= 15 is 0 Å². The van der Waals surface area contributed by atoms with Crippen LogP contribution in [0.2, 0.25) is 16.6 Å². The van der Waals surface area contributed by atoms with Gasteiger partial charge in [0, 0.05) is 0 Å². The average Bonchev–Trinajstić information content (AvgIpc) is 2.39. The molecule has 1 aromatic carbocycles. The first kappa shape index (κ1) is 17.1. The molecule has 0 unspecified atom stereocenters. The second kappa shape index (κ2) is 7.18. The molecule has 0 N–H and O–H groups in total. The average molecular weight is 292 g/mol. The first-order valence-corrected chi connectivity index (χ1v) is 9.68. The van der Waals surface area contributed by atoms with Gasteiger partial charge in [-0.2, -0.15) is 0 Å². The van der Waals surface area contributed by atoms with Gasteiger partial charge in [0.25, 0.3) is 0 Å². The Kier molecular flexibility index (Phi) is 6.15. The Morgan fingerprint density at radius 3 is 1.70 bits per heavy atom. The first-order chi connectivity index (χ1) is 9.36. The summed E-state index contributed by atoms with van der Waals surface area (Å²) in [7, 11) is -2.03. The van der Waals surface area contributed by atoms with E-state index in [2.05, 4.69) is 41.5 Å². The van der Waals surface area contributed by atoms with Crippen molar-refractivity contribution in [3.8, 4) is 0 Å². The van der Waals surface area contributed by atoms with Crippen molar-refractivity contribution in [1.29, 1.82) is 0 Å². The van der Waals surface area contributed by atoms with Gasteiger partial charge in [-0.1, -0.05) is 71.9 Å². The fourth-order valence-electron chi connectivity index (χ4n) is 3.45. The molecule has 0 heterocycles. The van der Waals surface area contributed by atoms with Crippen LogP contribution in [0, 0.1) is 0 Å². The highest BCUT2D eigenvalue weighted by Gasteiger charge is 2.46. The maximum atomic E-state index is 11.5. The van der Waals surface area contributed by atoms with Crippen molar-refractivity contribution < 1.29 is 9.22 Å². The van der Waals surface area contributed by atoms with Gasteiger partial charge in [0.05, 0.1) is 0 Å². The molecule has 0 saturated heterocycles. The molecular weight excluding hydrogens is 264 g/mol. The molecular formula is C17H28O2Si. The summed E-state index contributed by atoms with van der Waals surface area (Å²) in [4.78, 5) is 11.5. The molecule has 3 heteroatoms. The monoisotopic (exact) mass is 292 g/mol. The van der Waals surface area contributed by atoms with Crippen molar-refractivity contribution in [3.05, 3.63) is 35.9 Å². The highest BCUT2D eigenvalue weighted by molar-refractivity contribution is 6.77. The third-order valence-corrected chi connectivity index (χ3v) is 10.4. The number of hydrogen-bond donors (Lipinski definition) is 0. The van der Waals surface area contributed by atoms with Crippen LogP contribution in [0.5, 0.6) is 0 Å². The Balaban J connectivity index is 3.14. The predicted octanol–water partition coefficient (Wildman–Crippen LogP) is 5.12. The van der Waals surface area contributed by atoms with Gasteiger partial charge in [0.1, 0.15) is 6.10 Å². The zero-order valence-electron chi connectivity index (χ0n) is 13.6. The van der Waals surface area contributed by atoms with E-state index in [1.54, 1.807) is 0 Å². The van der Waals surface area contributed by atoms with Gasteiger partial charge in [0.15, 0.2) is 6.29 Å². The summed E-state index contributed by atoms with van der Waals surface area (Å²) >= 11 is 0. The van der Waals surface area contributed by atoms with Crippen LogP contribution in [-0.2, 0) is 9.22 Å². The number of carbonyl (C=O) groups is 1. The minimum absolute atomic E-state index is 0.435. The van der Waals surface area contributed by atoms with Crippen molar-refractivity contribution in [3.63, 3.8) is 0 Å². The largest absolute Gasteiger partial charge is 0.402 e. The molecule has 0 aliphatic rings. The number of rotatable bonds is 7. The Morgan fingerprint density at radius 1 is 0.900 bits per heavy atom. The van der Waals surface area contributed by atoms with Crippen LogP contribution in [0.15, 0.2) is 30.3 Å². The molecule has 0 aliphatic carbocycles. The molecule has 20 heavy (non-hydrogen) atoms. The van der Waals surface area contributed by atoms with Crippen LogP contribution in [0.4, 0.5) is 0 Å². The van der Waals surface area contributed by atoms with Crippen molar-refractivity contribution in [2.45, 2.75) is 64.3 Å². The molecule has 1 atom stereocenters. The molecule has 1 aromatic rings. The Morgan fingerprint density at radius 2 is 1.35 bits per heavy atom. The van der Waals surface area contributed by atoms with Crippen LogP contribution in [0.25, 0.3) is 0 Å². The maximum Gasteiger partial charge on any atom is 0.201 e. The van der Waals surface area contributed by atoms with Gasteiger partial charge < -0.3 is 9.22 Å². The fourth-order valence-corrected chi connectivity index (χ4v) is 8.89. The van der Waals surface area contributed by atoms with E-state index in [0.717, 1.165) is 11.8 Å². The first-order valence-electron chi connectivity index (χ1n) is 7.54. The van der Waals surface area contributed by atoms with Crippen molar-refractivity contribution in [1.82, 2.24) is 0 Å². The van der Waals surface area contributed by atoms with Crippen LogP contribution in [-0.4, -0.2) is 14.6 Å². The zero-order chi connectivity index (χ0) is 15.3. The number of carbonyl (C=O) groups excluding carboxylic acids is 1. The van der Waals surface area contributed by atoms with Crippen molar-refractivity contribution in [2.75, 3.05) is 0 Å². The summed E-state index contributed by atoms with van der Waals surface area (Å²) in [5.74, 6) is 0. The second-order valence-electron chi connectivity index (χ2n) is 6.40. The van der Waals surface area contributed by atoms with Crippen LogP contribution >= 0.6 is 0 Å². The lowest BCUT2D eigenvalue weighted by molar-refractivity contribution is -0.114. The van der Waals surface area contributed by atoms with Gasteiger partial charge in [0.2, 0.25) is 8.32 Å². The van der Waals surface area contributed by atoms with Crippen LogP contribution in [0.3, 0.4) is 0 Å². The van der Waals surface area contributed by atoms with E-state index in [9.17, 15) is 4.79 Å².